The standard InChI is InChI=1S/C14H11Cl2N3S/c1-2-8-3-4-11(20-8)14-18-12-9(13(17)19-14)5-7(15)6-10(12)16/h3-6H,2H2,1H3,(H2,17,18,19). The molecule has 0 saturated heterocycles. The number of aryl methyl sites for hydroxylation is 1. The summed E-state index contributed by atoms with van der Waals surface area (Å²) in [6, 6.07) is 7.47. The average Bonchev–Trinajstić information content (AvgIpc) is 2.88. The molecule has 0 aliphatic rings. The van der Waals surface area contributed by atoms with E-state index in [1.54, 1.807) is 23.5 Å². The number of anilines is 1. The van der Waals surface area contributed by atoms with Crippen LogP contribution in [0.3, 0.4) is 0 Å². The summed E-state index contributed by atoms with van der Waals surface area (Å²) in [6.07, 6.45) is 0.990. The quantitative estimate of drug-likeness (QED) is 0.736. The van der Waals surface area contributed by atoms with Crippen molar-refractivity contribution in [1.29, 1.82) is 0 Å². The average molecular weight is 324 g/mol. The van der Waals surface area contributed by atoms with Crippen molar-refractivity contribution in [2.45, 2.75) is 13.3 Å². The van der Waals surface area contributed by atoms with Crippen molar-refractivity contribution >= 4 is 51.3 Å². The highest BCUT2D eigenvalue weighted by Crippen LogP contribution is 2.33. The molecule has 2 N–H and O–H groups in total. The fourth-order valence-electron chi connectivity index (χ4n) is 1.98. The van der Waals surface area contributed by atoms with Crippen LogP contribution in [-0.2, 0) is 6.42 Å². The summed E-state index contributed by atoms with van der Waals surface area (Å²) < 4.78 is 0. The third-order valence-corrected chi connectivity index (χ3v) is 4.71. The van der Waals surface area contributed by atoms with Crippen molar-refractivity contribution < 1.29 is 0 Å². The van der Waals surface area contributed by atoms with Gasteiger partial charge in [0.05, 0.1) is 15.4 Å². The number of benzene rings is 1. The molecule has 3 aromatic rings. The molecule has 1 aromatic carbocycles. The highest BCUT2D eigenvalue weighted by Gasteiger charge is 2.12. The minimum absolute atomic E-state index is 0.390. The fraction of sp³-hybridized carbons (Fsp3) is 0.143. The van der Waals surface area contributed by atoms with Crippen LogP contribution in [0.15, 0.2) is 24.3 Å². The van der Waals surface area contributed by atoms with Crippen molar-refractivity contribution in [2.24, 2.45) is 0 Å². The largest absolute Gasteiger partial charge is 0.383 e. The molecule has 102 valence electrons. The first kappa shape index (κ1) is 13.6. The number of rotatable bonds is 2. The maximum Gasteiger partial charge on any atom is 0.172 e. The van der Waals surface area contributed by atoms with Crippen LogP contribution in [0.1, 0.15) is 11.8 Å². The van der Waals surface area contributed by atoms with Crippen LogP contribution < -0.4 is 5.73 Å². The van der Waals surface area contributed by atoms with E-state index in [1.807, 2.05) is 6.07 Å². The first-order chi connectivity index (χ1) is 9.58. The minimum Gasteiger partial charge on any atom is -0.383 e. The molecule has 0 aliphatic heterocycles. The van der Waals surface area contributed by atoms with E-state index in [4.69, 9.17) is 28.9 Å². The molecule has 3 rings (SSSR count). The number of thiophene rings is 1. The lowest BCUT2D eigenvalue weighted by molar-refractivity contribution is 1.19. The number of nitrogen functional groups attached to an aromatic ring is 1. The summed E-state index contributed by atoms with van der Waals surface area (Å²) >= 11 is 13.8. The van der Waals surface area contributed by atoms with Gasteiger partial charge in [0.1, 0.15) is 5.82 Å². The molecule has 0 bridgehead atoms. The van der Waals surface area contributed by atoms with E-state index in [2.05, 4.69) is 23.0 Å². The molecule has 0 spiro atoms. The molecule has 3 nitrogen and oxygen atoms in total. The minimum atomic E-state index is 0.390. The van der Waals surface area contributed by atoms with Crippen LogP contribution >= 0.6 is 34.5 Å². The Morgan fingerprint density at radius 2 is 2.00 bits per heavy atom. The van der Waals surface area contributed by atoms with Crippen molar-refractivity contribution in [3.63, 3.8) is 0 Å². The fourth-order valence-corrected chi connectivity index (χ4v) is 3.40. The van der Waals surface area contributed by atoms with Gasteiger partial charge in [0.25, 0.3) is 0 Å². The van der Waals surface area contributed by atoms with E-state index in [-0.39, 0.29) is 0 Å². The third kappa shape index (κ3) is 2.35. The Bertz CT molecular complexity index is 798. The maximum absolute atomic E-state index is 6.20. The van der Waals surface area contributed by atoms with Crippen molar-refractivity contribution in [3.05, 3.63) is 39.2 Å². The van der Waals surface area contributed by atoms with E-state index in [9.17, 15) is 0 Å². The Labute approximate surface area is 130 Å². The maximum atomic E-state index is 6.20. The lowest BCUT2D eigenvalue weighted by atomic mass is 10.2. The molecule has 2 aromatic heterocycles. The number of hydrogen-bond donors (Lipinski definition) is 1. The van der Waals surface area contributed by atoms with Gasteiger partial charge in [-0.3, -0.25) is 0 Å². The molecular weight excluding hydrogens is 313 g/mol. The number of fused-ring (bicyclic) bond motifs is 1. The Hall–Kier alpha value is -1.36. The molecule has 2 heterocycles. The van der Waals surface area contributed by atoms with Crippen molar-refractivity contribution in [1.82, 2.24) is 9.97 Å². The Morgan fingerprint density at radius 3 is 2.70 bits per heavy atom. The summed E-state index contributed by atoms with van der Waals surface area (Å²) in [6.45, 7) is 2.12. The molecule has 6 heteroatoms. The van der Waals surface area contributed by atoms with Gasteiger partial charge in [-0.05, 0) is 30.7 Å². The van der Waals surface area contributed by atoms with Gasteiger partial charge in [-0.15, -0.1) is 11.3 Å². The predicted octanol–water partition coefficient (Wildman–Crippen LogP) is 4.81. The van der Waals surface area contributed by atoms with Gasteiger partial charge >= 0.3 is 0 Å². The van der Waals surface area contributed by atoms with Gasteiger partial charge in [0, 0.05) is 15.3 Å². The van der Waals surface area contributed by atoms with E-state index in [1.165, 1.54) is 4.88 Å². The molecule has 20 heavy (non-hydrogen) atoms. The number of aromatic nitrogens is 2. The topological polar surface area (TPSA) is 51.8 Å². The summed E-state index contributed by atoms with van der Waals surface area (Å²) in [4.78, 5) is 11.2. The summed E-state index contributed by atoms with van der Waals surface area (Å²) in [7, 11) is 0. The second-order valence-electron chi connectivity index (χ2n) is 4.34. The third-order valence-electron chi connectivity index (χ3n) is 2.98. The second kappa shape index (κ2) is 5.20. The van der Waals surface area contributed by atoms with Gasteiger partial charge in [-0.1, -0.05) is 30.1 Å². The summed E-state index contributed by atoms with van der Waals surface area (Å²) in [5, 5.41) is 1.68. The molecular formula is C14H11Cl2N3S. The number of halogens is 2. The van der Waals surface area contributed by atoms with Gasteiger partial charge in [0.2, 0.25) is 0 Å². The molecule has 0 fully saturated rings. The van der Waals surface area contributed by atoms with E-state index < -0.39 is 0 Å². The Balaban J connectivity index is 2.23. The molecule has 0 amide bonds. The van der Waals surface area contributed by atoms with Crippen LogP contribution in [-0.4, -0.2) is 9.97 Å². The van der Waals surface area contributed by atoms with Crippen LogP contribution in [0, 0.1) is 0 Å². The van der Waals surface area contributed by atoms with Crippen LogP contribution in [0.25, 0.3) is 21.6 Å². The first-order valence-electron chi connectivity index (χ1n) is 6.10. The second-order valence-corrected chi connectivity index (χ2v) is 6.35. The monoisotopic (exact) mass is 323 g/mol. The van der Waals surface area contributed by atoms with Crippen LogP contribution in [0.5, 0.6) is 0 Å². The van der Waals surface area contributed by atoms with Gasteiger partial charge in [-0.25, -0.2) is 9.97 Å². The van der Waals surface area contributed by atoms with Crippen molar-refractivity contribution in [2.75, 3.05) is 5.73 Å². The molecule has 0 aliphatic carbocycles. The van der Waals surface area contributed by atoms with Gasteiger partial charge in [-0.2, -0.15) is 0 Å². The number of nitrogens with zero attached hydrogens (tertiary/aromatic N) is 2. The van der Waals surface area contributed by atoms with Crippen LogP contribution in [0.4, 0.5) is 5.82 Å². The molecule has 0 radical (unpaired) electrons. The van der Waals surface area contributed by atoms with E-state index in [0.717, 1.165) is 11.3 Å². The molecule has 0 saturated carbocycles. The Morgan fingerprint density at radius 1 is 1.20 bits per heavy atom. The van der Waals surface area contributed by atoms with Gasteiger partial charge in [0.15, 0.2) is 5.82 Å². The lowest BCUT2D eigenvalue weighted by Gasteiger charge is -2.06. The van der Waals surface area contributed by atoms with Crippen LogP contribution in [0.2, 0.25) is 10.0 Å². The van der Waals surface area contributed by atoms with Gasteiger partial charge < -0.3 is 5.73 Å². The highest BCUT2D eigenvalue weighted by molar-refractivity contribution is 7.15. The normalized spacial score (nSPS) is 11.2. The summed E-state index contributed by atoms with van der Waals surface area (Å²) in [5.41, 5.74) is 6.64. The zero-order valence-electron chi connectivity index (χ0n) is 10.7. The van der Waals surface area contributed by atoms with E-state index in [0.29, 0.717) is 32.6 Å². The number of hydrogen-bond acceptors (Lipinski definition) is 4. The number of nitrogens with two attached hydrogens (primary N) is 1. The predicted molar refractivity (Wildman–Crippen MR) is 86.7 cm³/mol. The van der Waals surface area contributed by atoms with Crippen molar-refractivity contribution in [3.8, 4) is 10.7 Å². The zero-order chi connectivity index (χ0) is 14.3. The zero-order valence-corrected chi connectivity index (χ0v) is 13.0. The smallest absolute Gasteiger partial charge is 0.172 e. The lowest BCUT2D eigenvalue weighted by Crippen LogP contribution is -1.97. The SMILES string of the molecule is CCc1ccc(-c2nc(N)c3cc(Cl)cc(Cl)c3n2)s1. The molecule has 0 atom stereocenters. The first-order valence-corrected chi connectivity index (χ1v) is 7.67. The molecule has 0 unspecified atom stereocenters. The van der Waals surface area contributed by atoms with E-state index >= 15 is 0 Å². The Kier molecular flexibility index (Phi) is 3.54. The summed E-state index contributed by atoms with van der Waals surface area (Å²) in [5.74, 6) is 0.991. The highest BCUT2D eigenvalue weighted by atomic mass is 35.5.